The smallest absolute Gasteiger partial charge is 0.191 e. The second kappa shape index (κ2) is 7.62. The molecule has 1 aliphatic rings. The molecule has 3 aromatic rings. The van der Waals surface area contributed by atoms with Crippen molar-refractivity contribution in [2.24, 2.45) is 0 Å². The minimum absolute atomic E-state index is 0.348. The van der Waals surface area contributed by atoms with Gasteiger partial charge in [-0.3, -0.25) is 4.90 Å². The van der Waals surface area contributed by atoms with E-state index in [1.807, 2.05) is 12.1 Å². The number of hydrogen-bond donors (Lipinski definition) is 1. The van der Waals surface area contributed by atoms with Crippen LogP contribution in [0.15, 0.2) is 30.5 Å². The van der Waals surface area contributed by atoms with E-state index in [0.717, 1.165) is 61.6 Å². The highest BCUT2D eigenvalue weighted by Crippen LogP contribution is 2.38. The lowest BCUT2D eigenvalue weighted by Crippen LogP contribution is -2.38. The lowest BCUT2D eigenvalue weighted by atomic mass is 10.1. The van der Waals surface area contributed by atoms with E-state index in [4.69, 9.17) is 14.2 Å². The maximum absolute atomic E-state index is 13.5. The van der Waals surface area contributed by atoms with Crippen molar-refractivity contribution < 1.29 is 18.6 Å². The van der Waals surface area contributed by atoms with Crippen molar-refractivity contribution in [2.45, 2.75) is 6.54 Å². The topological polar surface area (TPSA) is 51.7 Å². The van der Waals surface area contributed by atoms with Gasteiger partial charge in [0.05, 0.1) is 33.0 Å². The minimum Gasteiger partial charge on any atom is -0.493 e. The van der Waals surface area contributed by atoms with Crippen molar-refractivity contribution in [3.63, 3.8) is 0 Å². The van der Waals surface area contributed by atoms with Crippen LogP contribution in [0.5, 0.6) is 11.5 Å². The van der Waals surface area contributed by atoms with E-state index in [0.29, 0.717) is 11.5 Å². The summed E-state index contributed by atoms with van der Waals surface area (Å²) in [5.41, 5.74) is 2.72. The van der Waals surface area contributed by atoms with Crippen LogP contribution in [-0.4, -0.2) is 61.5 Å². The van der Waals surface area contributed by atoms with Gasteiger partial charge < -0.3 is 23.8 Å². The summed E-state index contributed by atoms with van der Waals surface area (Å²) in [5.74, 6) is 0.990. The van der Waals surface area contributed by atoms with E-state index in [2.05, 4.69) is 20.6 Å². The summed E-state index contributed by atoms with van der Waals surface area (Å²) < 4.78 is 32.1. The van der Waals surface area contributed by atoms with Crippen LogP contribution in [0, 0.1) is 5.95 Å². The Morgan fingerprint density at radius 2 is 1.81 bits per heavy atom. The highest BCUT2D eigenvalue weighted by atomic mass is 19.1. The number of H-pyrrole nitrogens is 1. The maximum atomic E-state index is 13.5. The number of aromatic amines is 1. The maximum Gasteiger partial charge on any atom is 0.191 e. The summed E-state index contributed by atoms with van der Waals surface area (Å²) in [7, 11) is 3.25. The lowest BCUT2D eigenvalue weighted by Gasteiger charge is -2.26. The number of aromatic nitrogens is 2. The van der Waals surface area contributed by atoms with Crippen molar-refractivity contribution >= 4 is 10.9 Å². The van der Waals surface area contributed by atoms with E-state index < -0.39 is 0 Å². The van der Waals surface area contributed by atoms with Crippen molar-refractivity contribution in [1.82, 2.24) is 14.5 Å². The molecule has 1 aromatic carbocycles. The predicted octanol–water partition coefficient (Wildman–Crippen LogP) is 3.12. The van der Waals surface area contributed by atoms with Crippen LogP contribution >= 0.6 is 0 Å². The first-order valence-electron chi connectivity index (χ1n) is 9.09. The molecule has 0 saturated carbocycles. The summed E-state index contributed by atoms with van der Waals surface area (Å²) in [6, 6.07) is 7.13. The zero-order valence-electron chi connectivity index (χ0n) is 15.6. The fourth-order valence-electron chi connectivity index (χ4n) is 3.62. The fourth-order valence-corrected chi connectivity index (χ4v) is 3.62. The fraction of sp³-hybridized carbons (Fsp3) is 0.400. The largest absolute Gasteiger partial charge is 0.493 e. The van der Waals surface area contributed by atoms with Crippen LogP contribution in [0.1, 0.15) is 0 Å². The van der Waals surface area contributed by atoms with Crippen LogP contribution in [-0.2, 0) is 11.3 Å². The van der Waals surface area contributed by atoms with Crippen LogP contribution in [0.25, 0.3) is 22.2 Å². The van der Waals surface area contributed by atoms with Crippen LogP contribution in [0.4, 0.5) is 4.39 Å². The molecule has 0 radical (unpaired) electrons. The summed E-state index contributed by atoms with van der Waals surface area (Å²) in [6.07, 6.45) is 2.06. The number of morpholine rings is 1. The molecule has 0 spiro atoms. The number of halogens is 1. The van der Waals surface area contributed by atoms with Crippen LogP contribution in [0.2, 0.25) is 0 Å². The van der Waals surface area contributed by atoms with Gasteiger partial charge in [-0.25, -0.2) is 0 Å². The third kappa shape index (κ3) is 3.52. The average molecular weight is 373 g/mol. The quantitative estimate of drug-likeness (QED) is 0.721. The molecular formula is C20H24FN3O3. The Hall–Kier alpha value is -2.51. The van der Waals surface area contributed by atoms with Gasteiger partial charge in [0, 0.05) is 55.1 Å². The Balaban J connectivity index is 1.74. The second-order valence-electron chi connectivity index (χ2n) is 6.63. The highest BCUT2D eigenvalue weighted by Gasteiger charge is 2.17. The first-order chi connectivity index (χ1) is 13.2. The predicted molar refractivity (Wildman–Crippen MR) is 102 cm³/mol. The molecular weight excluding hydrogens is 349 g/mol. The van der Waals surface area contributed by atoms with Gasteiger partial charge >= 0.3 is 0 Å². The van der Waals surface area contributed by atoms with Gasteiger partial charge in [0.2, 0.25) is 0 Å². The Morgan fingerprint density at radius 3 is 2.48 bits per heavy atom. The van der Waals surface area contributed by atoms with Crippen molar-refractivity contribution in [1.29, 1.82) is 0 Å². The number of benzene rings is 1. The van der Waals surface area contributed by atoms with Gasteiger partial charge in [-0.15, -0.1) is 0 Å². The number of rotatable bonds is 6. The first-order valence-corrected chi connectivity index (χ1v) is 9.09. The van der Waals surface area contributed by atoms with Gasteiger partial charge in [0.25, 0.3) is 0 Å². The van der Waals surface area contributed by atoms with Crippen LogP contribution < -0.4 is 9.47 Å². The summed E-state index contributed by atoms with van der Waals surface area (Å²) in [4.78, 5) is 5.18. The molecule has 2 aromatic heterocycles. The van der Waals surface area contributed by atoms with Crippen molar-refractivity contribution in [2.75, 3.05) is 47.1 Å². The van der Waals surface area contributed by atoms with E-state index in [-0.39, 0.29) is 5.95 Å². The Labute approximate surface area is 157 Å². The summed E-state index contributed by atoms with van der Waals surface area (Å²) in [6.45, 7) is 5.22. The number of nitrogens with zero attached hydrogens (tertiary/aromatic N) is 2. The van der Waals surface area contributed by atoms with E-state index in [1.165, 1.54) is 6.07 Å². The third-order valence-corrected chi connectivity index (χ3v) is 5.09. The molecule has 6 nitrogen and oxygen atoms in total. The summed E-state index contributed by atoms with van der Waals surface area (Å²) in [5, 5.41) is 0.997. The Bertz CT molecular complexity index is 928. The minimum atomic E-state index is -0.348. The van der Waals surface area contributed by atoms with Crippen molar-refractivity contribution in [3.8, 4) is 22.8 Å². The number of ether oxygens (including phenoxy) is 3. The highest BCUT2D eigenvalue weighted by molar-refractivity contribution is 5.97. The second-order valence-corrected chi connectivity index (χ2v) is 6.63. The zero-order valence-corrected chi connectivity index (χ0v) is 15.6. The number of methoxy groups -OCH3 is 2. The van der Waals surface area contributed by atoms with E-state index >= 15 is 0 Å². The molecule has 3 heterocycles. The first kappa shape index (κ1) is 17.9. The molecule has 1 N–H and O–H groups in total. The normalized spacial score (nSPS) is 15.4. The molecule has 1 saturated heterocycles. The molecule has 144 valence electrons. The number of hydrogen-bond acceptors (Lipinski definition) is 4. The molecule has 4 rings (SSSR count). The van der Waals surface area contributed by atoms with Crippen molar-refractivity contribution in [3.05, 3.63) is 36.4 Å². The molecule has 1 aliphatic heterocycles. The molecule has 27 heavy (non-hydrogen) atoms. The molecule has 0 aliphatic carbocycles. The molecule has 0 bridgehead atoms. The summed E-state index contributed by atoms with van der Waals surface area (Å²) >= 11 is 0. The lowest BCUT2D eigenvalue weighted by molar-refractivity contribution is 0.0365. The van der Waals surface area contributed by atoms with Gasteiger partial charge in [-0.1, -0.05) is 0 Å². The van der Waals surface area contributed by atoms with Gasteiger partial charge in [0.15, 0.2) is 17.4 Å². The van der Waals surface area contributed by atoms with Gasteiger partial charge in [0.1, 0.15) is 0 Å². The molecule has 1 fully saturated rings. The molecule has 0 amide bonds. The molecule has 0 atom stereocenters. The number of nitrogens with one attached hydrogen (secondary N) is 1. The molecule has 7 heteroatoms. The monoisotopic (exact) mass is 373 g/mol. The Morgan fingerprint density at radius 1 is 1.07 bits per heavy atom. The van der Waals surface area contributed by atoms with Crippen LogP contribution in [0.3, 0.4) is 0 Å². The Kier molecular flexibility index (Phi) is 5.05. The zero-order chi connectivity index (χ0) is 18.8. The average Bonchev–Trinajstić information content (AvgIpc) is 3.29. The third-order valence-electron chi connectivity index (χ3n) is 5.09. The van der Waals surface area contributed by atoms with E-state index in [1.54, 1.807) is 20.3 Å². The van der Waals surface area contributed by atoms with E-state index in [9.17, 15) is 4.39 Å². The SMILES string of the molecule is COc1cc2c(-c3ccc(F)[nH]3)cn(CCN3CCOCC3)c2cc1OC. The van der Waals surface area contributed by atoms with Gasteiger partial charge in [-0.2, -0.15) is 4.39 Å². The van der Waals surface area contributed by atoms with Gasteiger partial charge in [-0.05, 0) is 18.2 Å². The standard InChI is InChI=1S/C20H24FN3O3/c1-25-18-11-14-15(16-3-4-20(21)22-16)13-24(17(14)12-19(18)26-2)6-5-23-7-9-27-10-8-23/h3-4,11-13,22H,5-10H2,1-2H3. The molecule has 0 unspecified atom stereocenters. The number of fused-ring (bicyclic) bond motifs is 1.